The van der Waals surface area contributed by atoms with Gasteiger partial charge in [-0.3, -0.25) is 10.2 Å². The summed E-state index contributed by atoms with van der Waals surface area (Å²) in [5.41, 5.74) is 2.97. The van der Waals surface area contributed by atoms with Crippen LogP contribution in [0, 0.1) is 0 Å². The number of hydrogen-bond acceptors (Lipinski definition) is 3. The first-order valence-electron chi connectivity index (χ1n) is 8.94. The van der Waals surface area contributed by atoms with Crippen LogP contribution in [-0.2, 0) is 4.74 Å². The molecule has 1 amide bonds. The topological polar surface area (TPSA) is 41.6 Å². The van der Waals surface area contributed by atoms with Crippen LogP contribution in [0.4, 0.5) is 10.5 Å². The number of nitrogens with zero attached hydrogens (tertiary/aromatic N) is 1. The summed E-state index contributed by atoms with van der Waals surface area (Å²) >= 11 is 0. The van der Waals surface area contributed by atoms with Crippen molar-refractivity contribution in [3.63, 3.8) is 0 Å². The lowest BCUT2D eigenvalue weighted by Gasteiger charge is -2.40. The normalized spacial score (nSPS) is 21.6. The van der Waals surface area contributed by atoms with Crippen LogP contribution in [0.15, 0.2) is 30.3 Å². The molecule has 0 spiro atoms. The molecule has 1 aliphatic carbocycles. The monoisotopic (exact) mass is 328 g/mol. The molecule has 130 valence electrons. The van der Waals surface area contributed by atoms with Gasteiger partial charge in [-0.1, -0.05) is 18.2 Å². The van der Waals surface area contributed by atoms with Crippen LogP contribution in [0.1, 0.15) is 52.0 Å². The van der Waals surface area contributed by atoms with Crippen LogP contribution in [-0.4, -0.2) is 35.7 Å². The molecule has 2 aliphatic rings. The third-order valence-corrected chi connectivity index (χ3v) is 4.69. The lowest BCUT2D eigenvalue weighted by atomic mass is 9.89. The van der Waals surface area contributed by atoms with E-state index in [-0.39, 0.29) is 0 Å². The van der Waals surface area contributed by atoms with E-state index < -0.39 is 11.7 Å². The summed E-state index contributed by atoms with van der Waals surface area (Å²) < 4.78 is 5.27. The molecule has 0 saturated carbocycles. The van der Waals surface area contributed by atoms with Crippen molar-refractivity contribution in [3.8, 4) is 0 Å². The van der Waals surface area contributed by atoms with Crippen molar-refractivity contribution in [2.24, 2.45) is 0 Å². The first-order chi connectivity index (χ1) is 11.4. The Labute approximate surface area is 144 Å². The van der Waals surface area contributed by atoms with Crippen LogP contribution >= 0.6 is 0 Å². The minimum atomic E-state index is -0.482. The Hall–Kier alpha value is -1.81. The van der Waals surface area contributed by atoms with Gasteiger partial charge in [-0.05, 0) is 82.8 Å². The number of anilines is 1. The molecule has 3 rings (SSSR count). The SMILES string of the molecule is CC(C)(C)OC(=O)Nc1ccc(C2=CCC(N3CCC3)CC2)cc1. The summed E-state index contributed by atoms with van der Waals surface area (Å²) in [6.45, 7) is 8.13. The summed E-state index contributed by atoms with van der Waals surface area (Å²) in [6.07, 6.45) is 6.89. The predicted octanol–water partition coefficient (Wildman–Crippen LogP) is 4.68. The van der Waals surface area contributed by atoms with Gasteiger partial charge >= 0.3 is 6.09 Å². The molecular weight excluding hydrogens is 300 g/mol. The molecule has 1 atom stereocenters. The van der Waals surface area contributed by atoms with Gasteiger partial charge in [0, 0.05) is 11.7 Å². The number of benzene rings is 1. The van der Waals surface area contributed by atoms with Crippen molar-refractivity contribution in [1.82, 2.24) is 4.90 Å². The second kappa shape index (κ2) is 6.98. The van der Waals surface area contributed by atoms with Gasteiger partial charge in [-0.15, -0.1) is 0 Å². The highest BCUT2D eigenvalue weighted by molar-refractivity contribution is 5.85. The van der Waals surface area contributed by atoms with E-state index in [0.717, 1.165) is 24.6 Å². The van der Waals surface area contributed by atoms with E-state index in [9.17, 15) is 4.79 Å². The Bertz CT molecular complexity index is 610. The molecule has 24 heavy (non-hydrogen) atoms. The van der Waals surface area contributed by atoms with Crippen molar-refractivity contribution >= 4 is 17.4 Å². The van der Waals surface area contributed by atoms with Gasteiger partial charge in [-0.2, -0.15) is 0 Å². The Kier molecular flexibility index (Phi) is 4.95. The molecule has 1 aromatic carbocycles. The fraction of sp³-hybridized carbons (Fsp3) is 0.550. The minimum Gasteiger partial charge on any atom is -0.444 e. The number of hydrogen-bond donors (Lipinski definition) is 1. The van der Waals surface area contributed by atoms with E-state index in [2.05, 4.69) is 28.4 Å². The third-order valence-electron chi connectivity index (χ3n) is 4.69. The zero-order valence-corrected chi connectivity index (χ0v) is 15.0. The van der Waals surface area contributed by atoms with Crippen LogP contribution < -0.4 is 5.32 Å². The number of likely N-dealkylation sites (tertiary alicyclic amines) is 1. The highest BCUT2D eigenvalue weighted by Gasteiger charge is 2.25. The van der Waals surface area contributed by atoms with Gasteiger partial charge in [0.05, 0.1) is 0 Å². The Morgan fingerprint density at radius 2 is 1.92 bits per heavy atom. The van der Waals surface area contributed by atoms with Crippen molar-refractivity contribution in [2.45, 2.75) is 58.1 Å². The number of amides is 1. The van der Waals surface area contributed by atoms with Crippen LogP contribution in [0.2, 0.25) is 0 Å². The maximum absolute atomic E-state index is 11.8. The van der Waals surface area contributed by atoms with Crippen molar-refractivity contribution in [3.05, 3.63) is 35.9 Å². The lowest BCUT2D eigenvalue weighted by molar-refractivity contribution is 0.0636. The first kappa shape index (κ1) is 17.0. The van der Waals surface area contributed by atoms with Crippen molar-refractivity contribution < 1.29 is 9.53 Å². The number of carbonyl (C=O) groups is 1. The van der Waals surface area contributed by atoms with Gasteiger partial charge in [0.15, 0.2) is 0 Å². The zero-order chi connectivity index (χ0) is 17.2. The van der Waals surface area contributed by atoms with Gasteiger partial charge in [0.25, 0.3) is 0 Å². The largest absolute Gasteiger partial charge is 0.444 e. The molecule has 1 fully saturated rings. The molecule has 1 aliphatic heterocycles. The Balaban J connectivity index is 1.56. The number of allylic oxidation sites excluding steroid dienone is 1. The predicted molar refractivity (Wildman–Crippen MR) is 98.1 cm³/mol. The summed E-state index contributed by atoms with van der Waals surface area (Å²) in [5, 5.41) is 2.78. The molecule has 0 aromatic heterocycles. The molecule has 1 saturated heterocycles. The summed E-state index contributed by atoms with van der Waals surface area (Å²) in [4.78, 5) is 14.4. The molecule has 1 N–H and O–H groups in total. The first-order valence-corrected chi connectivity index (χ1v) is 8.94. The fourth-order valence-corrected chi connectivity index (χ4v) is 3.31. The van der Waals surface area contributed by atoms with E-state index in [1.54, 1.807) is 0 Å². The van der Waals surface area contributed by atoms with Crippen molar-refractivity contribution in [1.29, 1.82) is 0 Å². The number of nitrogens with one attached hydrogen (secondary N) is 1. The van der Waals surface area contributed by atoms with Crippen LogP contribution in [0.5, 0.6) is 0 Å². The highest BCUT2D eigenvalue weighted by atomic mass is 16.6. The number of rotatable bonds is 3. The van der Waals surface area contributed by atoms with E-state index >= 15 is 0 Å². The molecule has 1 unspecified atom stereocenters. The summed E-state index contributed by atoms with van der Waals surface area (Å²) in [5.74, 6) is 0. The average molecular weight is 328 g/mol. The van der Waals surface area contributed by atoms with E-state index in [4.69, 9.17) is 4.74 Å². The highest BCUT2D eigenvalue weighted by Crippen LogP contribution is 2.31. The molecule has 4 heteroatoms. The smallest absolute Gasteiger partial charge is 0.412 e. The molecule has 4 nitrogen and oxygen atoms in total. The van der Waals surface area contributed by atoms with Gasteiger partial charge < -0.3 is 4.74 Å². The van der Waals surface area contributed by atoms with Gasteiger partial charge in [0.1, 0.15) is 5.60 Å². The van der Waals surface area contributed by atoms with E-state index in [1.165, 1.54) is 37.1 Å². The minimum absolute atomic E-state index is 0.412. The third kappa shape index (κ3) is 4.38. The summed E-state index contributed by atoms with van der Waals surface area (Å²) in [7, 11) is 0. The maximum atomic E-state index is 11.8. The Morgan fingerprint density at radius 3 is 2.42 bits per heavy atom. The molecule has 0 radical (unpaired) electrons. The average Bonchev–Trinajstić information content (AvgIpc) is 2.45. The maximum Gasteiger partial charge on any atom is 0.412 e. The molecule has 1 aromatic rings. The number of ether oxygens (including phenoxy) is 1. The zero-order valence-electron chi connectivity index (χ0n) is 15.0. The van der Waals surface area contributed by atoms with E-state index in [1.807, 2.05) is 32.9 Å². The molecule has 1 heterocycles. The second-order valence-electron chi connectivity index (χ2n) is 7.75. The fourth-order valence-electron chi connectivity index (χ4n) is 3.31. The van der Waals surface area contributed by atoms with Gasteiger partial charge in [0.2, 0.25) is 0 Å². The van der Waals surface area contributed by atoms with Gasteiger partial charge in [-0.25, -0.2) is 4.79 Å². The number of carbonyl (C=O) groups excluding carboxylic acids is 1. The summed E-state index contributed by atoms with van der Waals surface area (Å²) in [6, 6.07) is 8.81. The lowest BCUT2D eigenvalue weighted by Crippen LogP contribution is -2.45. The van der Waals surface area contributed by atoms with Crippen molar-refractivity contribution in [2.75, 3.05) is 18.4 Å². The standard InChI is InChI=1S/C20H28N2O2/c1-20(2,3)24-19(23)21-17-9-5-15(6-10-17)16-7-11-18(12-8-16)22-13-4-14-22/h5-7,9-10,18H,4,8,11-14H2,1-3H3,(H,21,23). The van der Waals surface area contributed by atoms with Crippen LogP contribution in [0.25, 0.3) is 5.57 Å². The Morgan fingerprint density at radius 1 is 1.21 bits per heavy atom. The second-order valence-corrected chi connectivity index (χ2v) is 7.75. The van der Waals surface area contributed by atoms with Crippen LogP contribution in [0.3, 0.4) is 0 Å². The molecule has 0 bridgehead atoms. The van der Waals surface area contributed by atoms with E-state index in [0.29, 0.717) is 0 Å². The quantitative estimate of drug-likeness (QED) is 0.876. The molecular formula is C20H28N2O2.